The van der Waals surface area contributed by atoms with Gasteiger partial charge in [-0.3, -0.25) is 4.79 Å². The predicted octanol–water partition coefficient (Wildman–Crippen LogP) is 19.5. The minimum atomic E-state index is -1.29. The zero-order valence-corrected chi connectivity index (χ0v) is 48.4. The molecule has 72 heavy (non-hydrogen) atoms. The van der Waals surface area contributed by atoms with Gasteiger partial charge in [-0.05, 0) is 64.2 Å². The fourth-order valence-electron chi connectivity index (χ4n) is 10.3. The Morgan fingerprint density at radius 1 is 0.333 bits per heavy atom. The molecule has 0 spiro atoms. The predicted molar refractivity (Wildman–Crippen MR) is 316 cm³/mol. The van der Waals surface area contributed by atoms with E-state index in [9.17, 15) is 25.2 Å². The van der Waals surface area contributed by atoms with Crippen molar-refractivity contribution in [3.05, 3.63) is 36.5 Å². The normalized spacial score (nSPS) is 13.8. The first-order chi connectivity index (χ1) is 35.5. The SMILES string of the molecule is CCCCCCCCCCCCCCCCCCCCC/C=C/CC/C=C/CC/C=C/CCCC(O)C(O)C(CO)NC(=O)C(O)CCCCCCCCCCCCCCCCCCCCCCCCCC. The van der Waals surface area contributed by atoms with Crippen LogP contribution in [-0.4, -0.2) is 57.3 Å². The summed E-state index contributed by atoms with van der Waals surface area (Å²) in [5.74, 6) is -0.594. The number of aliphatic hydroxyl groups excluding tert-OH is 4. The highest BCUT2D eigenvalue weighted by molar-refractivity contribution is 5.80. The second kappa shape index (κ2) is 60.4. The monoisotopic (exact) mass is 1010 g/mol. The molecule has 0 radical (unpaired) electrons. The van der Waals surface area contributed by atoms with Gasteiger partial charge in [-0.25, -0.2) is 0 Å². The molecule has 0 aliphatic rings. The van der Waals surface area contributed by atoms with Gasteiger partial charge in [-0.15, -0.1) is 0 Å². The molecule has 0 fully saturated rings. The zero-order valence-electron chi connectivity index (χ0n) is 48.4. The Balaban J connectivity index is 3.64. The Labute approximate surface area is 449 Å². The molecule has 0 aromatic heterocycles. The molecular weight excluding hydrogens is 887 g/mol. The number of allylic oxidation sites excluding steroid dienone is 6. The largest absolute Gasteiger partial charge is 0.394 e. The Hall–Kier alpha value is -1.47. The summed E-state index contributed by atoms with van der Waals surface area (Å²) >= 11 is 0. The summed E-state index contributed by atoms with van der Waals surface area (Å²) in [6, 6.07) is -1.01. The first kappa shape index (κ1) is 70.5. The van der Waals surface area contributed by atoms with Gasteiger partial charge in [0.1, 0.15) is 12.2 Å². The molecule has 4 unspecified atom stereocenters. The zero-order chi connectivity index (χ0) is 52.3. The van der Waals surface area contributed by atoms with E-state index in [1.54, 1.807) is 0 Å². The molecule has 0 bridgehead atoms. The van der Waals surface area contributed by atoms with Crippen LogP contribution in [0.4, 0.5) is 0 Å². The van der Waals surface area contributed by atoms with Crippen molar-refractivity contribution in [1.29, 1.82) is 0 Å². The van der Waals surface area contributed by atoms with E-state index >= 15 is 0 Å². The Morgan fingerprint density at radius 2 is 0.583 bits per heavy atom. The second-order valence-electron chi connectivity index (χ2n) is 22.4. The Morgan fingerprint density at radius 3 is 0.875 bits per heavy atom. The third kappa shape index (κ3) is 53.4. The number of nitrogens with one attached hydrogen (secondary N) is 1. The first-order valence-corrected chi connectivity index (χ1v) is 32.4. The third-order valence-electron chi connectivity index (χ3n) is 15.3. The minimum Gasteiger partial charge on any atom is -0.394 e. The van der Waals surface area contributed by atoms with Gasteiger partial charge in [0, 0.05) is 0 Å². The van der Waals surface area contributed by atoms with Crippen molar-refractivity contribution >= 4 is 5.91 Å². The van der Waals surface area contributed by atoms with E-state index in [0.717, 1.165) is 51.4 Å². The average molecular weight is 1010 g/mol. The summed E-state index contributed by atoms with van der Waals surface area (Å²) in [5, 5.41) is 44.1. The number of hydrogen-bond donors (Lipinski definition) is 5. The van der Waals surface area contributed by atoms with Crippen molar-refractivity contribution in [2.24, 2.45) is 0 Å². The number of unbranched alkanes of at least 4 members (excludes halogenated alkanes) is 45. The molecule has 6 nitrogen and oxygen atoms in total. The lowest BCUT2D eigenvalue weighted by atomic mass is 10.00. The molecule has 4 atom stereocenters. The lowest BCUT2D eigenvalue weighted by Gasteiger charge is -2.27. The maximum atomic E-state index is 12.6. The number of carbonyl (C=O) groups is 1. The maximum absolute atomic E-state index is 12.6. The lowest BCUT2D eigenvalue weighted by molar-refractivity contribution is -0.132. The van der Waals surface area contributed by atoms with Crippen LogP contribution in [0.2, 0.25) is 0 Å². The summed E-state index contributed by atoms with van der Waals surface area (Å²) in [6.07, 6.45) is 76.8. The topological polar surface area (TPSA) is 110 Å². The van der Waals surface area contributed by atoms with Crippen LogP contribution < -0.4 is 5.32 Å². The summed E-state index contributed by atoms with van der Waals surface area (Å²) in [6.45, 7) is 4.09. The van der Waals surface area contributed by atoms with E-state index in [1.165, 1.54) is 263 Å². The van der Waals surface area contributed by atoms with Crippen molar-refractivity contribution in [2.45, 2.75) is 372 Å². The van der Waals surface area contributed by atoms with E-state index in [-0.39, 0.29) is 0 Å². The Kier molecular flexibility index (Phi) is 59.2. The van der Waals surface area contributed by atoms with Gasteiger partial charge in [0.25, 0.3) is 0 Å². The molecule has 0 rings (SSSR count). The van der Waals surface area contributed by atoms with Gasteiger partial charge in [0.15, 0.2) is 0 Å². The van der Waals surface area contributed by atoms with Crippen molar-refractivity contribution in [2.75, 3.05) is 6.61 Å². The van der Waals surface area contributed by atoms with Crippen LogP contribution in [0.15, 0.2) is 36.5 Å². The van der Waals surface area contributed by atoms with E-state index in [1.807, 2.05) is 0 Å². The molecule has 1 amide bonds. The molecule has 0 aromatic rings. The maximum Gasteiger partial charge on any atom is 0.249 e. The summed E-state index contributed by atoms with van der Waals surface area (Å²) < 4.78 is 0. The fraction of sp³-hybridized carbons (Fsp3) is 0.894. The summed E-state index contributed by atoms with van der Waals surface area (Å²) in [5.41, 5.74) is 0. The summed E-state index contributed by atoms with van der Waals surface area (Å²) in [7, 11) is 0. The average Bonchev–Trinajstić information content (AvgIpc) is 3.39. The minimum absolute atomic E-state index is 0.362. The molecule has 6 heteroatoms. The second-order valence-corrected chi connectivity index (χ2v) is 22.4. The highest BCUT2D eigenvalue weighted by Gasteiger charge is 2.28. The molecule has 5 N–H and O–H groups in total. The van der Waals surface area contributed by atoms with Gasteiger partial charge in [0.05, 0.1) is 18.8 Å². The summed E-state index contributed by atoms with van der Waals surface area (Å²) in [4.78, 5) is 12.6. The fourth-order valence-corrected chi connectivity index (χ4v) is 10.3. The molecule has 0 saturated heterocycles. The van der Waals surface area contributed by atoms with Crippen LogP contribution >= 0.6 is 0 Å². The molecule has 0 aliphatic heterocycles. The molecule has 0 saturated carbocycles. The number of hydrogen-bond acceptors (Lipinski definition) is 5. The number of rotatable bonds is 60. The van der Waals surface area contributed by atoms with Crippen LogP contribution in [0.1, 0.15) is 348 Å². The lowest BCUT2D eigenvalue weighted by Crippen LogP contribution is -2.53. The molecule has 0 aromatic carbocycles. The van der Waals surface area contributed by atoms with Crippen LogP contribution in [0.5, 0.6) is 0 Å². The highest BCUT2D eigenvalue weighted by Crippen LogP contribution is 2.19. The Bertz CT molecular complexity index is 1140. The van der Waals surface area contributed by atoms with Gasteiger partial charge >= 0.3 is 0 Å². The van der Waals surface area contributed by atoms with E-state index in [4.69, 9.17) is 0 Å². The molecule has 426 valence electrons. The van der Waals surface area contributed by atoms with E-state index in [2.05, 4.69) is 55.6 Å². The third-order valence-corrected chi connectivity index (χ3v) is 15.3. The van der Waals surface area contributed by atoms with E-state index < -0.39 is 36.9 Å². The van der Waals surface area contributed by atoms with Crippen LogP contribution in [-0.2, 0) is 4.79 Å². The standard InChI is InChI=1S/C66H127NO5/c1-3-5-7-9-11-13-15-17-19-21-23-25-27-29-30-31-32-33-34-35-36-38-39-41-43-45-47-49-51-53-55-57-59-63(69)65(71)62(61-68)67-66(72)64(70)60-58-56-54-52-50-48-46-44-42-40-37-28-26-24-22-20-18-16-14-12-10-8-6-4-2/h36,38,43,45,51,53,62-65,68-71H,3-35,37,39-42,44,46-50,52,54-61H2,1-2H3,(H,67,72)/b38-36+,45-43+,53-51+. The van der Waals surface area contributed by atoms with Crippen LogP contribution in [0.25, 0.3) is 0 Å². The van der Waals surface area contributed by atoms with Crippen molar-refractivity contribution < 1.29 is 25.2 Å². The first-order valence-electron chi connectivity index (χ1n) is 32.4. The van der Waals surface area contributed by atoms with Gasteiger partial charge in [0.2, 0.25) is 5.91 Å². The quantitative estimate of drug-likeness (QED) is 0.0308. The van der Waals surface area contributed by atoms with E-state index in [0.29, 0.717) is 19.3 Å². The highest BCUT2D eigenvalue weighted by atomic mass is 16.3. The number of aliphatic hydroxyl groups is 4. The molecular formula is C66H127NO5. The number of carbonyl (C=O) groups excluding carboxylic acids is 1. The van der Waals surface area contributed by atoms with Gasteiger partial charge in [-0.2, -0.15) is 0 Å². The van der Waals surface area contributed by atoms with Crippen LogP contribution in [0.3, 0.4) is 0 Å². The van der Waals surface area contributed by atoms with Gasteiger partial charge < -0.3 is 25.7 Å². The van der Waals surface area contributed by atoms with Crippen molar-refractivity contribution in [1.82, 2.24) is 5.32 Å². The smallest absolute Gasteiger partial charge is 0.249 e. The van der Waals surface area contributed by atoms with Crippen LogP contribution in [0, 0.1) is 0 Å². The number of amides is 1. The van der Waals surface area contributed by atoms with Gasteiger partial charge in [-0.1, -0.05) is 320 Å². The van der Waals surface area contributed by atoms with Crippen molar-refractivity contribution in [3.8, 4) is 0 Å². The molecule has 0 heterocycles. The van der Waals surface area contributed by atoms with Crippen molar-refractivity contribution in [3.63, 3.8) is 0 Å². The molecule has 0 aliphatic carbocycles.